The number of nitrogens with zero attached hydrogens (tertiary/aromatic N) is 3. The van der Waals surface area contributed by atoms with Crippen LogP contribution in [0.25, 0.3) is 20.7 Å². The van der Waals surface area contributed by atoms with Crippen LogP contribution in [0.1, 0.15) is 19.3 Å². The molecule has 0 unspecified atom stereocenters. The maximum atomic E-state index is 12.8. The minimum absolute atomic E-state index is 0.00135. The van der Waals surface area contributed by atoms with Crippen molar-refractivity contribution >= 4 is 27.5 Å². The molecule has 0 saturated carbocycles. The standard InChI is InChI=1S/C19H19N3O2S/c23-17(21-9-5-2-6-10-21)12-22-13-20-18-15(19(22)24)11-16(25-18)14-7-3-1-4-8-14/h1,3-4,7-8,11,13H,2,5-6,9-10,12H2. The van der Waals surface area contributed by atoms with Gasteiger partial charge in [0, 0.05) is 18.0 Å². The highest BCUT2D eigenvalue weighted by atomic mass is 32.1. The fourth-order valence-electron chi connectivity index (χ4n) is 3.21. The molecule has 1 amide bonds. The normalized spacial score (nSPS) is 14.8. The molecule has 0 N–H and O–H groups in total. The van der Waals surface area contributed by atoms with Crippen LogP contribution in [0.5, 0.6) is 0 Å². The summed E-state index contributed by atoms with van der Waals surface area (Å²) in [6, 6.07) is 11.8. The Bertz CT molecular complexity index is 956. The summed E-state index contributed by atoms with van der Waals surface area (Å²) in [6.07, 6.45) is 4.76. The number of piperidine rings is 1. The summed E-state index contributed by atoms with van der Waals surface area (Å²) in [5.41, 5.74) is 0.926. The van der Waals surface area contributed by atoms with Gasteiger partial charge in [0.1, 0.15) is 11.4 Å². The largest absolute Gasteiger partial charge is 0.341 e. The molecule has 0 spiro atoms. The molecule has 128 valence electrons. The van der Waals surface area contributed by atoms with Gasteiger partial charge in [0.15, 0.2) is 0 Å². The molecule has 3 aromatic rings. The van der Waals surface area contributed by atoms with Gasteiger partial charge in [0.2, 0.25) is 5.91 Å². The lowest BCUT2D eigenvalue weighted by molar-refractivity contribution is -0.132. The monoisotopic (exact) mass is 353 g/mol. The van der Waals surface area contributed by atoms with Gasteiger partial charge in [-0.25, -0.2) is 4.98 Å². The first-order valence-corrected chi connectivity index (χ1v) is 9.36. The summed E-state index contributed by atoms with van der Waals surface area (Å²) in [4.78, 5) is 33.1. The first kappa shape index (κ1) is 16.0. The van der Waals surface area contributed by atoms with Crippen molar-refractivity contribution in [3.05, 3.63) is 53.1 Å². The van der Waals surface area contributed by atoms with Gasteiger partial charge in [0.25, 0.3) is 5.56 Å². The van der Waals surface area contributed by atoms with E-state index in [0.29, 0.717) is 10.2 Å². The van der Waals surface area contributed by atoms with Crippen LogP contribution in [0.3, 0.4) is 0 Å². The van der Waals surface area contributed by atoms with Crippen molar-refractivity contribution in [2.24, 2.45) is 0 Å². The zero-order valence-corrected chi connectivity index (χ0v) is 14.7. The van der Waals surface area contributed by atoms with Gasteiger partial charge in [-0.3, -0.25) is 14.2 Å². The number of benzene rings is 1. The first-order chi connectivity index (χ1) is 12.2. The van der Waals surface area contributed by atoms with Gasteiger partial charge in [-0.1, -0.05) is 30.3 Å². The molecule has 0 bridgehead atoms. The number of aromatic nitrogens is 2. The molecule has 3 heterocycles. The molecular weight excluding hydrogens is 334 g/mol. The van der Waals surface area contributed by atoms with Crippen LogP contribution < -0.4 is 5.56 Å². The minimum Gasteiger partial charge on any atom is -0.341 e. The number of carbonyl (C=O) groups excluding carboxylic acids is 1. The average Bonchev–Trinajstić information content (AvgIpc) is 3.11. The van der Waals surface area contributed by atoms with Crippen LogP contribution in [-0.2, 0) is 11.3 Å². The minimum atomic E-state index is -0.145. The summed E-state index contributed by atoms with van der Waals surface area (Å²) >= 11 is 1.50. The second-order valence-electron chi connectivity index (χ2n) is 6.31. The van der Waals surface area contributed by atoms with Crippen molar-refractivity contribution in [3.63, 3.8) is 0 Å². The number of amides is 1. The SMILES string of the molecule is O=C(Cn1cnc2sc(-c3ccccc3)cc2c1=O)N1CCCCC1. The van der Waals surface area contributed by atoms with Gasteiger partial charge in [-0.15, -0.1) is 11.3 Å². The van der Waals surface area contributed by atoms with Gasteiger partial charge >= 0.3 is 0 Å². The van der Waals surface area contributed by atoms with E-state index in [1.807, 2.05) is 41.3 Å². The smallest absolute Gasteiger partial charge is 0.262 e. The predicted molar refractivity (Wildman–Crippen MR) is 99.7 cm³/mol. The van der Waals surface area contributed by atoms with Crippen molar-refractivity contribution in [2.75, 3.05) is 13.1 Å². The lowest BCUT2D eigenvalue weighted by Gasteiger charge is -2.26. The molecule has 1 aromatic carbocycles. The second kappa shape index (κ2) is 6.80. The Morgan fingerprint density at radius 3 is 2.64 bits per heavy atom. The van der Waals surface area contributed by atoms with Crippen molar-refractivity contribution in [1.29, 1.82) is 0 Å². The van der Waals surface area contributed by atoms with E-state index in [2.05, 4.69) is 4.98 Å². The molecule has 5 nitrogen and oxygen atoms in total. The molecular formula is C19H19N3O2S. The van der Waals surface area contributed by atoms with E-state index in [1.165, 1.54) is 28.7 Å². The molecule has 0 aliphatic carbocycles. The van der Waals surface area contributed by atoms with Crippen molar-refractivity contribution in [3.8, 4) is 10.4 Å². The highest BCUT2D eigenvalue weighted by Gasteiger charge is 2.18. The number of rotatable bonds is 3. The van der Waals surface area contributed by atoms with Crippen molar-refractivity contribution < 1.29 is 4.79 Å². The summed E-state index contributed by atoms with van der Waals surface area (Å²) in [5.74, 6) is 0.00135. The van der Waals surface area contributed by atoms with E-state index in [0.717, 1.165) is 36.4 Å². The Kier molecular flexibility index (Phi) is 4.36. The zero-order valence-electron chi connectivity index (χ0n) is 13.9. The Labute approximate surface area is 149 Å². The number of likely N-dealkylation sites (tertiary alicyclic amines) is 1. The van der Waals surface area contributed by atoms with E-state index in [1.54, 1.807) is 0 Å². The maximum absolute atomic E-state index is 12.8. The van der Waals surface area contributed by atoms with Crippen molar-refractivity contribution in [2.45, 2.75) is 25.8 Å². The molecule has 1 saturated heterocycles. The molecule has 1 aliphatic rings. The van der Waals surface area contributed by atoms with Crippen LogP contribution in [0.4, 0.5) is 0 Å². The lowest BCUT2D eigenvalue weighted by atomic mass is 10.1. The van der Waals surface area contributed by atoms with Crippen LogP contribution in [0.2, 0.25) is 0 Å². The van der Waals surface area contributed by atoms with E-state index in [4.69, 9.17) is 0 Å². The maximum Gasteiger partial charge on any atom is 0.262 e. The second-order valence-corrected chi connectivity index (χ2v) is 7.35. The molecule has 6 heteroatoms. The van der Waals surface area contributed by atoms with Gasteiger partial charge < -0.3 is 4.90 Å². The van der Waals surface area contributed by atoms with Gasteiger partial charge in [-0.05, 0) is 30.9 Å². The Morgan fingerprint density at radius 2 is 1.88 bits per heavy atom. The van der Waals surface area contributed by atoms with Gasteiger partial charge in [-0.2, -0.15) is 0 Å². The van der Waals surface area contributed by atoms with Crippen LogP contribution in [0, 0.1) is 0 Å². The molecule has 25 heavy (non-hydrogen) atoms. The fourth-order valence-corrected chi connectivity index (χ4v) is 4.20. The first-order valence-electron chi connectivity index (χ1n) is 8.54. The highest BCUT2D eigenvalue weighted by Crippen LogP contribution is 2.30. The summed E-state index contributed by atoms with van der Waals surface area (Å²) in [7, 11) is 0. The lowest BCUT2D eigenvalue weighted by Crippen LogP contribution is -2.39. The van der Waals surface area contributed by atoms with Crippen molar-refractivity contribution in [1.82, 2.24) is 14.5 Å². The van der Waals surface area contributed by atoms with E-state index >= 15 is 0 Å². The predicted octanol–water partition coefficient (Wildman–Crippen LogP) is 3.14. The van der Waals surface area contributed by atoms with Gasteiger partial charge in [0.05, 0.1) is 11.7 Å². The molecule has 2 aromatic heterocycles. The van der Waals surface area contributed by atoms with E-state index in [-0.39, 0.29) is 18.0 Å². The third-order valence-electron chi connectivity index (χ3n) is 4.59. The Balaban J connectivity index is 1.63. The quantitative estimate of drug-likeness (QED) is 0.727. The van der Waals surface area contributed by atoms with E-state index < -0.39 is 0 Å². The van der Waals surface area contributed by atoms with Crippen LogP contribution in [-0.4, -0.2) is 33.4 Å². The molecule has 4 rings (SSSR count). The number of hydrogen-bond donors (Lipinski definition) is 0. The number of carbonyl (C=O) groups is 1. The number of thiophene rings is 1. The fraction of sp³-hybridized carbons (Fsp3) is 0.316. The Hall–Kier alpha value is -2.47. The Morgan fingerprint density at radius 1 is 1.12 bits per heavy atom. The molecule has 0 radical (unpaired) electrons. The van der Waals surface area contributed by atoms with Crippen LogP contribution in [0.15, 0.2) is 47.5 Å². The molecule has 1 fully saturated rings. The van der Waals surface area contributed by atoms with Crippen LogP contribution >= 0.6 is 11.3 Å². The average molecular weight is 353 g/mol. The number of hydrogen-bond acceptors (Lipinski definition) is 4. The summed E-state index contributed by atoms with van der Waals surface area (Å²) < 4.78 is 1.43. The molecule has 0 atom stereocenters. The third-order valence-corrected chi connectivity index (χ3v) is 5.68. The third kappa shape index (κ3) is 3.22. The number of fused-ring (bicyclic) bond motifs is 1. The molecule has 1 aliphatic heterocycles. The highest BCUT2D eigenvalue weighted by molar-refractivity contribution is 7.21. The topological polar surface area (TPSA) is 55.2 Å². The summed E-state index contributed by atoms with van der Waals surface area (Å²) in [6.45, 7) is 1.65. The summed E-state index contributed by atoms with van der Waals surface area (Å²) in [5, 5.41) is 0.581. The zero-order chi connectivity index (χ0) is 17.2. The van der Waals surface area contributed by atoms with E-state index in [9.17, 15) is 9.59 Å².